The maximum atomic E-state index is 13.2. The number of carbonyl (C=O) groups excluding carboxylic acids is 2. The van der Waals surface area contributed by atoms with Crippen molar-refractivity contribution in [3.05, 3.63) is 66.0 Å². The van der Waals surface area contributed by atoms with Crippen molar-refractivity contribution in [2.45, 2.75) is 25.3 Å². The molecule has 2 unspecified atom stereocenters. The number of rotatable bonds is 6. The molecule has 1 heterocycles. The van der Waals surface area contributed by atoms with Gasteiger partial charge in [-0.05, 0) is 42.5 Å². The second-order valence-corrected chi connectivity index (χ2v) is 7.41. The van der Waals surface area contributed by atoms with Crippen LogP contribution in [0.15, 0.2) is 54.6 Å². The molecule has 0 aromatic heterocycles. The van der Waals surface area contributed by atoms with Crippen LogP contribution in [0.4, 0.5) is 14.9 Å². The van der Waals surface area contributed by atoms with E-state index in [-0.39, 0.29) is 42.7 Å². The Bertz CT molecular complexity index is 837. The van der Waals surface area contributed by atoms with Crippen LogP contribution in [0.2, 0.25) is 0 Å². The number of carbonyl (C=O) groups is 2. The summed E-state index contributed by atoms with van der Waals surface area (Å²) in [6.07, 6.45) is 2.10. The van der Waals surface area contributed by atoms with Crippen LogP contribution < -0.4 is 16.4 Å². The van der Waals surface area contributed by atoms with Crippen LogP contribution in [-0.2, 0) is 4.79 Å². The minimum absolute atomic E-state index is 0. The molecule has 8 heteroatoms. The molecule has 0 radical (unpaired) electrons. The first-order valence-corrected chi connectivity index (χ1v) is 9.90. The Morgan fingerprint density at radius 2 is 1.93 bits per heavy atom. The molecule has 162 valence electrons. The number of nitrogens with zero attached hydrogens (tertiary/aromatic N) is 1. The van der Waals surface area contributed by atoms with Crippen LogP contribution in [0.3, 0.4) is 0 Å². The van der Waals surface area contributed by atoms with Crippen molar-refractivity contribution in [2.24, 2.45) is 11.7 Å². The van der Waals surface area contributed by atoms with Gasteiger partial charge in [0.2, 0.25) is 5.91 Å². The highest BCUT2D eigenvalue weighted by Crippen LogP contribution is 2.20. The number of hydrogen-bond acceptors (Lipinski definition) is 3. The van der Waals surface area contributed by atoms with Gasteiger partial charge >= 0.3 is 6.03 Å². The summed E-state index contributed by atoms with van der Waals surface area (Å²) in [5.41, 5.74) is 7.53. The van der Waals surface area contributed by atoms with E-state index in [0.717, 1.165) is 18.4 Å². The third-order valence-corrected chi connectivity index (χ3v) is 5.13. The van der Waals surface area contributed by atoms with Crippen molar-refractivity contribution in [1.29, 1.82) is 0 Å². The summed E-state index contributed by atoms with van der Waals surface area (Å²) in [4.78, 5) is 26.5. The Morgan fingerprint density at radius 1 is 1.17 bits per heavy atom. The van der Waals surface area contributed by atoms with E-state index >= 15 is 0 Å². The molecule has 0 spiro atoms. The van der Waals surface area contributed by atoms with Crippen LogP contribution >= 0.6 is 12.4 Å². The van der Waals surface area contributed by atoms with Crippen LogP contribution in [0, 0.1) is 11.7 Å². The summed E-state index contributed by atoms with van der Waals surface area (Å²) in [5, 5.41) is 5.42. The zero-order valence-corrected chi connectivity index (χ0v) is 17.5. The van der Waals surface area contributed by atoms with Crippen molar-refractivity contribution in [3.63, 3.8) is 0 Å². The number of urea groups is 1. The Morgan fingerprint density at radius 3 is 2.67 bits per heavy atom. The molecule has 1 saturated heterocycles. The Balaban J connectivity index is 0.00000320. The number of halogens is 2. The first-order valence-electron chi connectivity index (χ1n) is 9.90. The molecule has 0 bridgehead atoms. The largest absolute Gasteiger partial charge is 0.342 e. The molecular weight excluding hydrogens is 407 g/mol. The second kappa shape index (κ2) is 11.5. The molecule has 0 saturated carbocycles. The zero-order valence-electron chi connectivity index (χ0n) is 16.7. The number of likely N-dealkylation sites (tertiary alicyclic amines) is 1. The quantitative estimate of drug-likeness (QED) is 0.647. The highest BCUT2D eigenvalue weighted by Gasteiger charge is 2.25. The monoisotopic (exact) mass is 434 g/mol. The molecule has 4 N–H and O–H groups in total. The minimum atomic E-state index is -0.405. The van der Waals surface area contributed by atoms with Crippen molar-refractivity contribution in [1.82, 2.24) is 10.2 Å². The van der Waals surface area contributed by atoms with Crippen molar-refractivity contribution in [2.75, 3.05) is 25.0 Å². The predicted octanol–water partition coefficient (Wildman–Crippen LogP) is 3.70. The molecule has 2 atom stereocenters. The summed E-state index contributed by atoms with van der Waals surface area (Å²) in [5.74, 6) is -0.188. The highest BCUT2D eigenvalue weighted by molar-refractivity contribution is 5.89. The van der Waals surface area contributed by atoms with Gasteiger partial charge in [-0.1, -0.05) is 36.4 Å². The number of piperidine rings is 1. The van der Waals surface area contributed by atoms with E-state index in [9.17, 15) is 14.0 Å². The van der Waals surface area contributed by atoms with Gasteiger partial charge in [-0.15, -0.1) is 12.4 Å². The SMILES string of the molecule is Cl.NC(CC(=O)N1CCCC(CNC(=O)Nc2cccc(F)c2)C1)c1ccccc1. The maximum Gasteiger partial charge on any atom is 0.319 e. The van der Waals surface area contributed by atoms with E-state index in [2.05, 4.69) is 10.6 Å². The molecule has 1 aliphatic heterocycles. The number of benzene rings is 2. The number of anilines is 1. The van der Waals surface area contributed by atoms with Gasteiger partial charge in [0.25, 0.3) is 0 Å². The van der Waals surface area contributed by atoms with E-state index in [1.54, 1.807) is 6.07 Å². The van der Waals surface area contributed by atoms with Gasteiger partial charge in [-0.2, -0.15) is 0 Å². The van der Waals surface area contributed by atoms with Gasteiger partial charge in [0.05, 0.1) is 0 Å². The van der Waals surface area contributed by atoms with E-state index in [1.807, 2.05) is 35.2 Å². The molecule has 2 aromatic rings. The van der Waals surface area contributed by atoms with Gasteiger partial charge in [0, 0.05) is 37.8 Å². The summed E-state index contributed by atoms with van der Waals surface area (Å²) >= 11 is 0. The Labute approximate surface area is 182 Å². The molecule has 0 aliphatic carbocycles. The van der Waals surface area contributed by atoms with Gasteiger partial charge < -0.3 is 21.3 Å². The van der Waals surface area contributed by atoms with Crippen LogP contribution in [-0.4, -0.2) is 36.5 Å². The lowest BCUT2D eigenvalue weighted by atomic mass is 9.96. The standard InChI is InChI=1S/C22H27FN4O2.ClH/c23-18-9-4-10-19(12-18)26-22(29)25-14-16-6-5-11-27(15-16)21(28)13-20(24)17-7-2-1-3-8-17;/h1-4,7-10,12,16,20H,5-6,11,13-15,24H2,(H2,25,26,29);1H. The van der Waals surface area contributed by atoms with E-state index in [0.29, 0.717) is 25.3 Å². The fourth-order valence-electron chi connectivity index (χ4n) is 3.57. The molecular formula is C22H28ClFN4O2. The summed E-state index contributed by atoms with van der Waals surface area (Å²) in [6, 6.07) is 14.6. The van der Waals surface area contributed by atoms with Gasteiger partial charge in [0.15, 0.2) is 0 Å². The first kappa shape index (κ1) is 23.6. The third-order valence-electron chi connectivity index (χ3n) is 5.13. The summed E-state index contributed by atoms with van der Waals surface area (Å²) < 4.78 is 13.2. The molecule has 3 rings (SSSR count). The number of nitrogens with two attached hydrogens (primary N) is 1. The third kappa shape index (κ3) is 7.00. The van der Waals surface area contributed by atoms with E-state index in [1.165, 1.54) is 18.2 Å². The predicted molar refractivity (Wildman–Crippen MR) is 118 cm³/mol. The fourth-order valence-corrected chi connectivity index (χ4v) is 3.57. The lowest BCUT2D eigenvalue weighted by Crippen LogP contribution is -2.44. The Hall–Kier alpha value is -2.64. The van der Waals surface area contributed by atoms with Crippen molar-refractivity contribution in [3.8, 4) is 0 Å². The Kier molecular flexibility index (Phi) is 9.08. The van der Waals surface area contributed by atoms with E-state index < -0.39 is 5.82 Å². The molecule has 3 amide bonds. The smallest absolute Gasteiger partial charge is 0.319 e. The highest BCUT2D eigenvalue weighted by atomic mass is 35.5. The average Bonchev–Trinajstić information content (AvgIpc) is 2.73. The molecule has 30 heavy (non-hydrogen) atoms. The lowest BCUT2D eigenvalue weighted by molar-refractivity contribution is -0.133. The number of amides is 3. The topological polar surface area (TPSA) is 87.5 Å². The van der Waals surface area contributed by atoms with Crippen molar-refractivity contribution < 1.29 is 14.0 Å². The minimum Gasteiger partial charge on any atom is -0.342 e. The second-order valence-electron chi connectivity index (χ2n) is 7.41. The zero-order chi connectivity index (χ0) is 20.6. The van der Waals surface area contributed by atoms with Gasteiger partial charge in [0.1, 0.15) is 5.82 Å². The van der Waals surface area contributed by atoms with Crippen LogP contribution in [0.1, 0.15) is 30.9 Å². The average molecular weight is 435 g/mol. The van der Waals surface area contributed by atoms with Crippen LogP contribution in [0.25, 0.3) is 0 Å². The maximum absolute atomic E-state index is 13.2. The molecule has 1 fully saturated rings. The molecule has 6 nitrogen and oxygen atoms in total. The number of nitrogens with one attached hydrogen (secondary N) is 2. The summed E-state index contributed by atoms with van der Waals surface area (Å²) in [7, 11) is 0. The van der Waals surface area contributed by atoms with E-state index in [4.69, 9.17) is 5.73 Å². The van der Waals surface area contributed by atoms with Crippen molar-refractivity contribution >= 4 is 30.0 Å². The summed E-state index contributed by atoms with van der Waals surface area (Å²) in [6.45, 7) is 1.77. The first-order chi connectivity index (χ1) is 14.0. The molecule has 2 aromatic carbocycles. The lowest BCUT2D eigenvalue weighted by Gasteiger charge is -2.33. The number of hydrogen-bond donors (Lipinski definition) is 3. The normalized spacial score (nSPS) is 16.9. The van der Waals surface area contributed by atoms with Gasteiger partial charge in [-0.3, -0.25) is 4.79 Å². The fraction of sp³-hybridized carbons (Fsp3) is 0.364. The molecule has 1 aliphatic rings. The van der Waals surface area contributed by atoms with Crippen LogP contribution in [0.5, 0.6) is 0 Å². The van der Waals surface area contributed by atoms with Gasteiger partial charge in [-0.25, -0.2) is 9.18 Å².